The highest BCUT2D eigenvalue weighted by molar-refractivity contribution is 6.52. The van der Waals surface area contributed by atoms with Crippen molar-refractivity contribution in [3.63, 3.8) is 0 Å². The Kier molecular flexibility index (Phi) is 3.77. The van der Waals surface area contributed by atoms with Crippen molar-refractivity contribution in [2.75, 3.05) is 0 Å². The first kappa shape index (κ1) is 14.0. The molecular weight excluding hydrogens is 281 g/mol. The van der Waals surface area contributed by atoms with Gasteiger partial charge in [0.25, 0.3) is 0 Å². The molecule has 0 radical (unpaired) electrons. The van der Waals surface area contributed by atoms with Gasteiger partial charge in [0.05, 0.1) is 5.92 Å². The van der Waals surface area contributed by atoms with E-state index < -0.39 is 4.33 Å². The second kappa shape index (κ2) is 5.11. The maximum absolute atomic E-state index is 12.6. The van der Waals surface area contributed by atoms with Gasteiger partial charge < -0.3 is 4.90 Å². The third-order valence-electron chi connectivity index (χ3n) is 5.11. The fourth-order valence-electron chi connectivity index (χ4n) is 3.50. The summed E-state index contributed by atoms with van der Waals surface area (Å²) in [5.41, 5.74) is 0. The number of rotatable bonds is 4. The van der Waals surface area contributed by atoms with Crippen molar-refractivity contribution in [2.24, 2.45) is 11.8 Å². The van der Waals surface area contributed by atoms with Crippen LogP contribution >= 0.6 is 23.2 Å². The van der Waals surface area contributed by atoms with Crippen LogP contribution in [0.2, 0.25) is 0 Å². The summed E-state index contributed by atoms with van der Waals surface area (Å²) in [4.78, 5) is 14.8. The fourth-order valence-corrected chi connectivity index (χ4v) is 4.00. The van der Waals surface area contributed by atoms with E-state index in [0.29, 0.717) is 18.5 Å². The van der Waals surface area contributed by atoms with Crippen LogP contribution in [-0.4, -0.2) is 27.2 Å². The van der Waals surface area contributed by atoms with Crippen molar-refractivity contribution < 1.29 is 4.79 Å². The Morgan fingerprint density at radius 3 is 1.95 bits per heavy atom. The van der Waals surface area contributed by atoms with Gasteiger partial charge in [-0.25, -0.2) is 0 Å². The van der Waals surface area contributed by atoms with Gasteiger partial charge in [-0.15, -0.1) is 23.2 Å². The molecule has 1 amide bonds. The smallest absolute Gasteiger partial charge is 0.229 e. The SMILES string of the molecule is CCC1CCC(N(C(=O)[C@@H]2CC2(Cl)Cl)C2CC2)CC1. The molecule has 0 N–H and O–H groups in total. The Labute approximate surface area is 125 Å². The zero-order valence-corrected chi connectivity index (χ0v) is 13.1. The molecule has 3 rings (SSSR count). The lowest BCUT2D eigenvalue weighted by atomic mass is 9.83. The summed E-state index contributed by atoms with van der Waals surface area (Å²) in [5.74, 6) is 0.959. The number of amides is 1. The van der Waals surface area contributed by atoms with Crippen LogP contribution in [0.25, 0.3) is 0 Å². The third-order valence-corrected chi connectivity index (χ3v) is 5.94. The maximum Gasteiger partial charge on any atom is 0.229 e. The molecule has 4 heteroatoms. The first-order valence-corrected chi connectivity index (χ1v) is 8.48. The number of alkyl halides is 2. The van der Waals surface area contributed by atoms with Gasteiger partial charge in [-0.3, -0.25) is 4.79 Å². The van der Waals surface area contributed by atoms with Crippen LogP contribution in [0.3, 0.4) is 0 Å². The molecule has 19 heavy (non-hydrogen) atoms. The topological polar surface area (TPSA) is 20.3 Å². The van der Waals surface area contributed by atoms with Crippen LogP contribution in [0.4, 0.5) is 0 Å². The molecule has 0 saturated heterocycles. The van der Waals surface area contributed by atoms with E-state index in [1.165, 1.54) is 44.9 Å². The highest BCUT2D eigenvalue weighted by Crippen LogP contribution is 2.55. The average Bonchev–Trinajstić information content (AvgIpc) is 3.29. The van der Waals surface area contributed by atoms with Crippen LogP contribution in [0, 0.1) is 11.8 Å². The molecule has 108 valence electrons. The molecule has 3 aliphatic carbocycles. The molecule has 0 aromatic rings. The van der Waals surface area contributed by atoms with E-state index in [-0.39, 0.29) is 11.8 Å². The lowest BCUT2D eigenvalue weighted by Crippen LogP contribution is -2.45. The molecular formula is C15H23Cl2NO. The van der Waals surface area contributed by atoms with Gasteiger partial charge in [-0.1, -0.05) is 13.3 Å². The number of hydrogen-bond acceptors (Lipinski definition) is 1. The minimum absolute atomic E-state index is 0.139. The molecule has 0 heterocycles. The van der Waals surface area contributed by atoms with Crippen LogP contribution in [-0.2, 0) is 4.79 Å². The molecule has 2 nitrogen and oxygen atoms in total. The van der Waals surface area contributed by atoms with Crippen LogP contribution in [0.1, 0.15) is 58.3 Å². The molecule has 0 aromatic carbocycles. The summed E-state index contributed by atoms with van der Waals surface area (Å²) in [7, 11) is 0. The van der Waals surface area contributed by atoms with E-state index in [9.17, 15) is 4.79 Å². The van der Waals surface area contributed by atoms with Crippen LogP contribution < -0.4 is 0 Å². The van der Waals surface area contributed by atoms with E-state index in [1.54, 1.807) is 0 Å². The minimum Gasteiger partial charge on any atom is -0.336 e. The standard InChI is InChI=1S/C15H23Cl2NO/c1-2-10-3-5-11(6-4-10)18(12-7-8-12)14(19)13-9-15(13,16)17/h10-13H,2-9H2,1H3/t10?,11?,13-/m0/s1. The van der Waals surface area contributed by atoms with Crippen molar-refractivity contribution in [1.29, 1.82) is 0 Å². The molecule has 0 unspecified atom stereocenters. The molecule has 3 aliphatic rings. The largest absolute Gasteiger partial charge is 0.336 e. The molecule has 0 aromatic heterocycles. The first-order chi connectivity index (χ1) is 9.03. The molecule has 0 aliphatic heterocycles. The number of carbonyl (C=O) groups excluding carboxylic acids is 1. The van der Waals surface area contributed by atoms with Gasteiger partial charge in [-0.2, -0.15) is 0 Å². The number of nitrogens with zero attached hydrogens (tertiary/aromatic N) is 1. The van der Waals surface area contributed by atoms with Crippen molar-refractivity contribution in [2.45, 2.75) is 74.7 Å². The minimum atomic E-state index is -0.773. The summed E-state index contributed by atoms with van der Waals surface area (Å²) >= 11 is 12.1. The average molecular weight is 304 g/mol. The number of hydrogen-bond donors (Lipinski definition) is 0. The van der Waals surface area contributed by atoms with E-state index in [4.69, 9.17) is 23.2 Å². The molecule has 0 spiro atoms. The maximum atomic E-state index is 12.6. The zero-order chi connectivity index (χ0) is 13.6. The van der Waals surface area contributed by atoms with Gasteiger partial charge in [0.15, 0.2) is 0 Å². The van der Waals surface area contributed by atoms with Gasteiger partial charge in [0.1, 0.15) is 4.33 Å². The lowest BCUT2D eigenvalue weighted by molar-refractivity contribution is -0.136. The number of halogens is 2. The van der Waals surface area contributed by atoms with Crippen LogP contribution in [0.5, 0.6) is 0 Å². The highest BCUT2D eigenvalue weighted by atomic mass is 35.5. The third kappa shape index (κ3) is 2.90. The second-order valence-corrected chi connectivity index (χ2v) is 8.12. The molecule has 3 saturated carbocycles. The van der Waals surface area contributed by atoms with Gasteiger partial charge in [0, 0.05) is 12.1 Å². The summed E-state index contributed by atoms with van der Waals surface area (Å²) in [5, 5.41) is 0. The molecule has 3 fully saturated rings. The van der Waals surface area contributed by atoms with Gasteiger partial charge in [0.2, 0.25) is 5.91 Å². The van der Waals surface area contributed by atoms with Gasteiger partial charge >= 0.3 is 0 Å². The second-order valence-electron chi connectivity index (χ2n) is 6.58. The van der Waals surface area contributed by atoms with Crippen molar-refractivity contribution >= 4 is 29.1 Å². The summed E-state index contributed by atoms with van der Waals surface area (Å²) in [6.07, 6.45) is 9.15. The van der Waals surface area contributed by atoms with Crippen LogP contribution in [0.15, 0.2) is 0 Å². The summed E-state index contributed by atoms with van der Waals surface area (Å²) in [6, 6.07) is 0.938. The van der Waals surface area contributed by atoms with Gasteiger partial charge in [-0.05, 0) is 50.9 Å². The Bertz CT molecular complexity index is 359. The lowest BCUT2D eigenvalue weighted by Gasteiger charge is -2.37. The van der Waals surface area contributed by atoms with E-state index >= 15 is 0 Å². The van der Waals surface area contributed by atoms with Crippen molar-refractivity contribution in [3.8, 4) is 0 Å². The predicted octanol–water partition coefficient (Wildman–Crippen LogP) is 4.14. The van der Waals surface area contributed by atoms with E-state index in [1.807, 2.05) is 0 Å². The molecule has 0 bridgehead atoms. The quantitative estimate of drug-likeness (QED) is 0.715. The summed E-state index contributed by atoms with van der Waals surface area (Å²) < 4.78 is -0.773. The summed E-state index contributed by atoms with van der Waals surface area (Å²) in [6.45, 7) is 2.27. The molecule has 1 atom stereocenters. The Balaban J connectivity index is 1.64. The monoisotopic (exact) mass is 303 g/mol. The highest BCUT2D eigenvalue weighted by Gasteiger charge is 2.59. The van der Waals surface area contributed by atoms with Crippen molar-refractivity contribution in [1.82, 2.24) is 4.90 Å². The first-order valence-electron chi connectivity index (χ1n) is 7.73. The fraction of sp³-hybridized carbons (Fsp3) is 0.933. The Morgan fingerprint density at radius 1 is 1.11 bits per heavy atom. The van der Waals surface area contributed by atoms with E-state index in [0.717, 1.165) is 5.92 Å². The Hall–Kier alpha value is 0.0500. The predicted molar refractivity (Wildman–Crippen MR) is 78.4 cm³/mol. The zero-order valence-electron chi connectivity index (χ0n) is 11.6. The normalized spacial score (nSPS) is 36.9. The number of carbonyl (C=O) groups is 1. The Morgan fingerprint density at radius 2 is 1.58 bits per heavy atom. The van der Waals surface area contributed by atoms with E-state index in [2.05, 4.69) is 11.8 Å². The van der Waals surface area contributed by atoms with Crippen molar-refractivity contribution in [3.05, 3.63) is 0 Å².